The van der Waals surface area contributed by atoms with Gasteiger partial charge in [0.25, 0.3) is 0 Å². The van der Waals surface area contributed by atoms with Gasteiger partial charge in [-0.2, -0.15) is 13.2 Å². The lowest BCUT2D eigenvalue weighted by Crippen LogP contribution is -2.52. The Balaban J connectivity index is 0.000000211. The van der Waals surface area contributed by atoms with Gasteiger partial charge in [-0.3, -0.25) is 19.4 Å². The molecule has 0 N–H and O–H groups in total. The summed E-state index contributed by atoms with van der Waals surface area (Å²) in [5, 5.41) is 0. The Hall–Kier alpha value is -1.53. The standard InChI is InChI=1S/C20H37N3O3S.C18H30F3N3O3S/c1-17(2)16-27(25,26)22-11-6-10-21(13-14-22)15-20(24)23-12-5-8-18-7-3-4-9-19(18)23;19-18(20,21)14-28(26,27)23-9-4-8-22(11-12-23)13-17(25)24-10-3-6-15-5-1-2-7-16(15)24/h17-19H,3-16H2,1-2H3;15-16H,1-14H2. The van der Waals surface area contributed by atoms with E-state index in [-0.39, 0.29) is 49.7 Å². The van der Waals surface area contributed by atoms with Crippen LogP contribution in [0, 0.1) is 17.8 Å². The maximum absolute atomic E-state index is 13.0. The zero-order valence-electron chi connectivity index (χ0n) is 33.3. The number of halogens is 3. The van der Waals surface area contributed by atoms with Gasteiger partial charge in [0, 0.05) is 64.4 Å². The number of amides is 2. The molecular weight excluding hydrogens is 758 g/mol. The van der Waals surface area contributed by atoms with E-state index in [9.17, 15) is 39.6 Å². The molecule has 0 aromatic heterocycles. The molecule has 2 aliphatic carbocycles. The number of likely N-dealkylation sites (tertiary alicyclic amines) is 2. The number of carbonyl (C=O) groups is 2. The van der Waals surface area contributed by atoms with Crippen LogP contribution < -0.4 is 0 Å². The smallest absolute Gasteiger partial charge is 0.338 e. The van der Waals surface area contributed by atoms with Crippen molar-refractivity contribution in [2.75, 3.05) is 90.0 Å². The van der Waals surface area contributed by atoms with Gasteiger partial charge < -0.3 is 9.80 Å². The molecule has 4 heterocycles. The first-order valence-electron chi connectivity index (χ1n) is 21.1. The number of hydrogen-bond acceptors (Lipinski definition) is 8. The molecule has 6 rings (SSSR count). The fourth-order valence-electron chi connectivity index (χ4n) is 10.0. The van der Waals surface area contributed by atoms with Crippen LogP contribution in [0.3, 0.4) is 0 Å². The number of fused-ring (bicyclic) bond motifs is 2. The first kappa shape index (κ1) is 44.6. The average molecular weight is 825 g/mol. The molecule has 4 unspecified atom stereocenters. The summed E-state index contributed by atoms with van der Waals surface area (Å²) in [5.74, 6) is 0.154. The van der Waals surface area contributed by atoms with Crippen LogP contribution in [0.2, 0.25) is 0 Å². The Bertz CT molecular complexity index is 1480. The van der Waals surface area contributed by atoms with Crippen molar-refractivity contribution in [1.82, 2.24) is 28.2 Å². The van der Waals surface area contributed by atoms with E-state index in [4.69, 9.17) is 0 Å². The fourth-order valence-corrected chi connectivity index (χ4v) is 13.2. The van der Waals surface area contributed by atoms with Gasteiger partial charge in [0.1, 0.15) is 0 Å². The van der Waals surface area contributed by atoms with Crippen LogP contribution in [0.4, 0.5) is 13.2 Å². The molecule has 55 heavy (non-hydrogen) atoms. The second kappa shape index (κ2) is 20.0. The summed E-state index contributed by atoms with van der Waals surface area (Å²) in [4.78, 5) is 34.1. The van der Waals surface area contributed by atoms with E-state index in [2.05, 4.69) is 9.80 Å². The van der Waals surface area contributed by atoms with Crippen molar-refractivity contribution in [3.05, 3.63) is 0 Å². The van der Waals surface area contributed by atoms with Crippen LogP contribution in [0.25, 0.3) is 0 Å². The summed E-state index contributed by atoms with van der Waals surface area (Å²) < 4.78 is 89.2. The molecule has 12 nitrogen and oxygen atoms in total. The largest absolute Gasteiger partial charge is 0.404 e. The number of carbonyl (C=O) groups excluding carboxylic acids is 2. The molecule has 4 aliphatic heterocycles. The third-order valence-corrected chi connectivity index (χ3v) is 16.7. The molecule has 4 atom stereocenters. The number of sulfonamides is 2. The van der Waals surface area contributed by atoms with Crippen LogP contribution in [-0.4, -0.2) is 165 Å². The van der Waals surface area contributed by atoms with Gasteiger partial charge in [-0.15, -0.1) is 0 Å². The van der Waals surface area contributed by atoms with Crippen molar-refractivity contribution in [3.8, 4) is 0 Å². The predicted octanol–water partition coefficient (Wildman–Crippen LogP) is 4.23. The van der Waals surface area contributed by atoms with Crippen LogP contribution in [0.15, 0.2) is 0 Å². The molecule has 4 saturated heterocycles. The number of alkyl halides is 3. The lowest BCUT2D eigenvalue weighted by Gasteiger charge is -2.44. The number of nitrogens with zero attached hydrogens (tertiary/aromatic N) is 6. The number of rotatable bonds is 9. The Morgan fingerprint density at radius 2 is 0.964 bits per heavy atom. The van der Waals surface area contributed by atoms with Crippen molar-refractivity contribution >= 4 is 31.9 Å². The average Bonchev–Trinajstić information content (AvgIpc) is 3.52. The Morgan fingerprint density at radius 3 is 1.40 bits per heavy atom. The molecule has 0 radical (unpaired) electrons. The minimum Gasteiger partial charge on any atom is -0.338 e. The molecule has 0 aromatic carbocycles. The van der Waals surface area contributed by atoms with Crippen molar-refractivity contribution in [2.45, 2.75) is 122 Å². The third kappa shape index (κ3) is 13.0. The highest BCUT2D eigenvalue weighted by Crippen LogP contribution is 2.36. The topological polar surface area (TPSA) is 122 Å². The van der Waals surface area contributed by atoms with E-state index in [0.717, 1.165) is 62.5 Å². The number of piperidine rings is 2. The molecule has 0 spiro atoms. The van der Waals surface area contributed by atoms with Crippen molar-refractivity contribution in [1.29, 1.82) is 0 Å². The van der Waals surface area contributed by atoms with Gasteiger partial charge in [0.05, 0.1) is 18.8 Å². The summed E-state index contributed by atoms with van der Waals surface area (Å²) in [7, 11) is -7.55. The first-order valence-corrected chi connectivity index (χ1v) is 24.3. The highest BCUT2D eigenvalue weighted by atomic mass is 32.2. The molecule has 6 aliphatic rings. The predicted molar refractivity (Wildman–Crippen MR) is 207 cm³/mol. The second-order valence-corrected chi connectivity index (χ2v) is 21.3. The molecule has 0 aromatic rings. The zero-order valence-corrected chi connectivity index (χ0v) is 34.9. The summed E-state index contributed by atoms with van der Waals surface area (Å²) in [6, 6.07) is 0.778. The third-order valence-electron chi connectivity index (χ3n) is 12.6. The minimum absolute atomic E-state index is 0.00224. The lowest BCUT2D eigenvalue weighted by atomic mass is 9.78. The maximum Gasteiger partial charge on any atom is 0.404 e. The highest BCUT2D eigenvalue weighted by Gasteiger charge is 2.40. The van der Waals surface area contributed by atoms with Crippen LogP contribution >= 0.6 is 0 Å². The highest BCUT2D eigenvalue weighted by molar-refractivity contribution is 7.89. The molecule has 17 heteroatoms. The van der Waals surface area contributed by atoms with Crippen molar-refractivity contribution < 1.29 is 39.6 Å². The van der Waals surface area contributed by atoms with E-state index >= 15 is 0 Å². The van der Waals surface area contributed by atoms with Crippen LogP contribution in [0.1, 0.15) is 104 Å². The molecule has 0 bridgehead atoms. The summed E-state index contributed by atoms with van der Waals surface area (Å²) in [6.07, 6.45) is 10.7. The first-order chi connectivity index (χ1) is 26.0. The summed E-state index contributed by atoms with van der Waals surface area (Å²) >= 11 is 0. The molecule has 2 saturated carbocycles. The van der Waals surface area contributed by atoms with Crippen LogP contribution in [-0.2, 0) is 29.6 Å². The van der Waals surface area contributed by atoms with Gasteiger partial charge in [-0.25, -0.2) is 25.4 Å². The van der Waals surface area contributed by atoms with Gasteiger partial charge in [0.2, 0.25) is 31.9 Å². The summed E-state index contributed by atoms with van der Waals surface area (Å²) in [5.41, 5.74) is 0. The van der Waals surface area contributed by atoms with Crippen molar-refractivity contribution in [3.63, 3.8) is 0 Å². The Labute approximate surface area is 328 Å². The Morgan fingerprint density at radius 1 is 0.545 bits per heavy atom. The van der Waals surface area contributed by atoms with E-state index in [1.165, 1.54) is 44.9 Å². The Kier molecular flexibility index (Phi) is 16.2. The van der Waals surface area contributed by atoms with Crippen LogP contribution in [0.5, 0.6) is 0 Å². The van der Waals surface area contributed by atoms with Gasteiger partial charge in [0.15, 0.2) is 5.75 Å². The quantitative estimate of drug-likeness (QED) is 0.339. The molecule has 2 amide bonds. The normalized spacial score (nSPS) is 28.7. The van der Waals surface area contributed by atoms with Gasteiger partial charge >= 0.3 is 6.18 Å². The molecular formula is C38H67F3N6O6S2. The van der Waals surface area contributed by atoms with E-state index in [0.29, 0.717) is 63.1 Å². The minimum atomic E-state index is -4.74. The van der Waals surface area contributed by atoms with Crippen molar-refractivity contribution in [2.24, 2.45) is 17.8 Å². The zero-order chi connectivity index (χ0) is 39.8. The second-order valence-electron chi connectivity index (χ2n) is 17.3. The fraction of sp³-hybridized carbons (Fsp3) is 0.947. The lowest BCUT2D eigenvalue weighted by molar-refractivity contribution is -0.139. The van der Waals surface area contributed by atoms with E-state index in [1.807, 2.05) is 23.6 Å². The molecule has 318 valence electrons. The van der Waals surface area contributed by atoms with E-state index in [1.54, 1.807) is 4.31 Å². The monoisotopic (exact) mass is 824 g/mol. The summed E-state index contributed by atoms with van der Waals surface area (Å²) in [6.45, 7) is 9.65. The number of hydrogen-bond donors (Lipinski definition) is 0. The maximum atomic E-state index is 13.0. The van der Waals surface area contributed by atoms with Gasteiger partial charge in [-0.1, -0.05) is 39.5 Å². The SMILES string of the molecule is CC(C)CS(=O)(=O)N1CCCN(CC(=O)N2CCCC3CCCCC32)CC1.O=C(CN1CCCN(S(=O)(=O)CC(F)(F)F)CC1)N1CCCC2CCCCC21. The van der Waals surface area contributed by atoms with Gasteiger partial charge in [-0.05, 0) is 95.1 Å². The molecule has 6 fully saturated rings. The van der Waals surface area contributed by atoms with E-state index < -0.39 is 32.0 Å².